The normalized spacial score (nSPS) is 13.4. The first kappa shape index (κ1) is 13.1. The maximum absolute atomic E-state index is 6.07. The highest BCUT2D eigenvalue weighted by atomic mass is 15.1. The summed E-state index contributed by atoms with van der Waals surface area (Å²) < 4.78 is 2.31. The molecule has 98 valence electrons. The Bertz CT molecular complexity index is 540. The molecule has 0 amide bonds. The first-order valence-corrected chi connectivity index (χ1v) is 6.76. The molecule has 1 atom stereocenters. The largest absolute Gasteiger partial charge is 0.327 e. The van der Waals surface area contributed by atoms with Gasteiger partial charge in [0.1, 0.15) is 5.82 Å². The SMILES string of the molecule is CCC(N)Cc1nc2cc(C)ccc2n1C(C)C. The van der Waals surface area contributed by atoms with Crippen LogP contribution in [0.25, 0.3) is 11.0 Å². The van der Waals surface area contributed by atoms with Crippen LogP contribution in [-0.4, -0.2) is 15.6 Å². The molecule has 0 aliphatic rings. The van der Waals surface area contributed by atoms with Crippen LogP contribution in [0.3, 0.4) is 0 Å². The van der Waals surface area contributed by atoms with Crippen LogP contribution in [0.1, 0.15) is 44.6 Å². The molecular weight excluding hydrogens is 222 g/mol. The van der Waals surface area contributed by atoms with E-state index in [2.05, 4.69) is 50.5 Å². The summed E-state index contributed by atoms with van der Waals surface area (Å²) in [5.74, 6) is 1.11. The van der Waals surface area contributed by atoms with Gasteiger partial charge in [0.25, 0.3) is 0 Å². The van der Waals surface area contributed by atoms with Crippen molar-refractivity contribution in [2.24, 2.45) is 5.73 Å². The molecule has 0 spiro atoms. The summed E-state index contributed by atoms with van der Waals surface area (Å²) in [6.45, 7) is 8.62. The van der Waals surface area contributed by atoms with Gasteiger partial charge in [-0.3, -0.25) is 0 Å². The Morgan fingerprint density at radius 3 is 2.67 bits per heavy atom. The minimum Gasteiger partial charge on any atom is -0.327 e. The first-order valence-electron chi connectivity index (χ1n) is 6.76. The predicted molar refractivity (Wildman–Crippen MR) is 76.8 cm³/mol. The molecule has 0 fully saturated rings. The molecule has 18 heavy (non-hydrogen) atoms. The molecule has 2 aromatic rings. The summed E-state index contributed by atoms with van der Waals surface area (Å²) >= 11 is 0. The van der Waals surface area contributed by atoms with Gasteiger partial charge in [0.05, 0.1) is 11.0 Å². The fourth-order valence-corrected chi connectivity index (χ4v) is 2.36. The van der Waals surface area contributed by atoms with Gasteiger partial charge in [0.2, 0.25) is 0 Å². The van der Waals surface area contributed by atoms with Crippen molar-refractivity contribution in [3.63, 3.8) is 0 Å². The van der Waals surface area contributed by atoms with Gasteiger partial charge in [0.15, 0.2) is 0 Å². The van der Waals surface area contributed by atoms with Crippen LogP contribution in [0, 0.1) is 6.92 Å². The summed E-state index contributed by atoms with van der Waals surface area (Å²) in [6.07, 6.45) is 1.84. The van der Waals surface area contributed by atoms with Gasteiger partial charge in [-0.2, -0.15) is 0 Å². The van der Waals surface area contributed by atoms with Crippen molar-refractivity contribution in [1.82, 2.24) is 9.55 Å². The third-order valence-corrected chi connectivity index (χ3v) is 3.40. The summed E-state index contributed by atoms with van der Waals surface area (Å²) in [7, 11) is 0. The summed E-state index contributed by atoms with van der Waals surface area (Å²) in [5, 5.41) is 0. The maximum Gasteiger partial charge on any atom is 0.111 e. The number of aromatic nitrogens is 2. The topological polar surface area (TPSA) is 43.8 Å². The molecule has 0 radical (unpaired) electrons. The first-order chi connectivity index (χ1) is 8.52. The number of rotatable bonds is 4. The number of benzene rings is 1. The van der Waals surface area contributed by atoms with Crippen molar-refractivity contribution < 1.29 is 0 Å². The summed E-state index contributed by atoms with van der Waals surface area (Å²) in [5.41, 5.74) is 9.63. The highest BCUT2D eigenvalue weighted by Crippen LogP contribution is 2.23. The summed E-state index contributed by atoms with van der Waals surface area (Å²) in [4.78, 5) is 4.77. The molecule has 0 saturated heterocycles. The van der Waals surface area contributed by atoms with E-state index in [0.717, 1.165) is 24.2 Å². The van der Waals surface area contributed by atoms with E-state index in [1.165, 1.54) is 11.1 Å². The molecule has 0 aliphatic carbocycles. The van der Waals surface area contributed by atoms with E-state index in [0.29, 0.717) is 6.04 Å². The highest BCUT2D eigenvalue weighted by Gasteiger charge is 2.15. The highest BCUT2D eigenvalue weighted by molar-refractivity contribution is 5.77. The number of nitrogens with zero attached hydrogens (tertiary/aromatic N) is 2. The molecule has 2 N–H and O–H groups in total. The fourth-order valence-electron chi connectivity index (χ4n) is 2.36. The van der Waals surface area contributed by atoms with Crippen LogP contribution in [0.2, 0.25) is 0 Å². The van der Waals surface area contributed by atoms with Gasteiger partial charge in [0, 0.05) is 18.5 Å². The number of hydrogen-bond donors (Lipinski definition) is 1. The van der Waals surface area contributed by atoms with Crippen LogP contribution in [0.4, 0.5) is 0 Å². The standard InChI is InChI=1S/C15H23N3/c1-5-12(16)9-15-17-13-8-11(4)6-7-14(13)18(15)10(2)3/h6-8,10,12H,5,9,16H2,1-4H3. The van der Waals surface area contributed by atoms with Gasteiger partial charge < -0.3 is 10.3 Å². The van der Waals surface area contributed by atoms with Crippen molar-refractivity contribution in [2.45, 2.75) is 52.6 Å². The Morgan fingerprint density at radius 1 is 1.33 bits per heavy atom. The Morgan fingerprint density at radius 2 is 2.06 bits per heavy atom. The van der Waals surface area contributed by atoms with Gasteiger partial charge in [-0.25, -0.2) is 4.98 Å². The molecule has 1 aromatic carbocycles. The maximum atomic E-state index is 6.07. The Kier molecular flexibility index (Phi) is 3.71. The monoisotopic (exact) mass is 245 g/mol. The smallest absolute Gasteiger partial charge is 0.111 e. The van der Waals surface area contributed by atoms with Crippen molar-refractivity contribution >= 4 is 11.0 Å². The predicted octanol–water partition coefficient (Wildman–Crippen LogP) is 3.21. The van der Waals surface area contributed by atoms with Crippen molar-refractivity contribution in [3.8, 4) is 0 Å². The minimum absolute atomic E-state index is 0.195. The molecule has 1 heterocycles. The van der Waals surface area contributed by atoms with E-state index in [9.17, 15) is 0 Å². The molecule has 0 saturated carbocycles. The lowest BCUT2D eigenvalue weighted by atomic mass is 10.1. The number of aryl methyl sites for hydroxylation is 1. The van der Waals surface area contributed by atoms with Crippen LogP contribution in [-0.2, 0) is 6.42 Å². The second kappa shape index (κ2) is 5.11. The Labute approximate surface area is 109 Å². The van der Waals surface area contributed by atoms with E-state index in [1.807, 2.05) is 0 Å². The quantitative estimate of drug-likeness (QED) is 0.899. The second-order valence-electron chi connectivity index (χ2n) is 5.36. The Balaban J connectivity index is 2.54. The number of fused-ring (bicyclic) bond motifs is 1. The van der Waals surface area contributed by atoms with Gasteiger partial charge in [-0.15, -0.1) is 0 Å². The molecule has 0 aliphatic heterocycles. The molecule has 1 aromatic heterocycles. The zero-order valence-electron chi connectivity index (χ0n) is 11.8. The number of hydrogen-bond acceptors (Lipinski definition) is 2. The molecule has 3 heteroatoms. The molecule has 2 rings (SSSR count). The lowest BCUT2D eigenvalue weighted by Crippen LogP contribution is -2.24. The minimum atomic E-state index is 0.195. The molecular formula is C15H23N3. The van der Waals surface area contributed by atoms with Gasteiger partial charge in [-0.05, 0) is 44.9 Å². The van der Waals surface area contributed by atoms with E-state index < -0.39 is 0 Å². The molecule has 0 bridgehead atoms. The van der Waals surface area contributed by atoms with E-state index in [1.54, 1.807) is 0 Å². The van der Waals surface area contributed by atoms with Crippen LogP contribution >= 0.6 is 0 Å². The van der Waals surface area contributed by atoms with E-state index in [4.69, 9.17) is 10.7 Å². The average Bonchev–Trinajstić information content (AvgIpc) is 2.65. The van der Waals surface area contributed by atoms with Crippen LogP contribution in [0.5, 0.6) is 0 Å². The van der Waals surface area contributed by atoms with E-state index >= 15 is 0 Å². The van der Waals surface area contributed by atoms with Crippen molar-refractivity contribution in [2.75, 3.05) is 0 Å². The zero-order chi connectivity index (χ0) is 13.3. The number of nitrogens with two attached hydrogens (primary N) is 1. The number of imidazole rings is 1. The van der Waals surface area contributed by atoms with E-state index in [-0.39, 0.29) is 6.04 Å². The average molecular weight is 245 g/mol. The second-order valence-corrected chi connectivity index (χ2v) is 5.36. The fraction of sp³-hybridized carbons (Fsp3) is 0.533. The third kappa shape index (κ3) is 2.41. The van der Waals surface area contributed by atoms with Crippen molar-refractivity contribution in [3.05, 3.63) is 29.6 Å². The van der Waals surface area contributed by atoms with Crippen LogP contribution in [0.15, 0.2) is 18.2 Å². The Hall–Kier alpha value is -1.35. The van der Waals surface area contributed by atoms with Crippen molar-refractivity contribution in [1.29, 1.82) is 0 Å². The third-order valence-electron chi connectivity index (χ3n) is 3.40. The lowest BCUT2D eigenvalue weighted by Gasteiger charge is -2.15. The zero-order valence-corrected chi connectivity index (χ0v) is 11.8. The van der Waals surface area contributed by atoms with Gasteiger partial charge >= 0.3 is 0 Å². The lowest BCUT2D eigenvalue weighted by molar-refractivity contribution is 0.547. The van der Waals surface area contributed by atoms with Gasteiger partial charge in [-0.1, -0.05) is 13.0 Å². The summed E-state index contributed by atoms with van der Waals surface area (Å²) in [6, 6.07) is 7.07. The van der Waals surface area contributed by atoms with Crippen LogP contribution < -0.4 is 5.73 Å². The molecule has 1 unspecified atom stereocenters. The molecule has 3 nitrogen and oxygen atoms in total.